The number of nitrogen functional groups attached to an aromatic ring is 1. The van der Waals surface area contributed by atoms with Crippen molar-refractivity contribution in [3.8, 4) is 0 Å². The molecule has 0 saturated carbocycles. The van der Waals surface area contributed by atoms with Crippen LogP contribution in [0, 0.1) is 5.82 Å². The minimum Gasteiger partial charge on any atom is -0.478 e. The predicted octanol–water partition coefficient (Wildman–Crippen LogP) is 0.0573. The Hall–Kier alpha value is -2.35. The van der Waals surface area contributed by atoms with Crippen LogP contribution >= 0.6 is 0 Å². The lowest BCUT2D eigenvalue weighted by molar-refractivity contribution is -0.124. The number of carboxylic acid groups (broad SMARTS) is 1. The van der Waals surface area contributed by atoms with Crippen molar-refractivity contribution in [2.24, 2.45) is 0 Å². The molecule has 1 heterocycles. The molecule has 1 atom stereocenters. The van der Waals surface area contributed by atoms with Crippen LogP contribution in [0.15, 0.2) is 12.1 Å². The van der Waals surface area contributed by atoms with E-state index in [0.29, 0.717) is 6.61 Å². The quantitative estimate of drug-likeness (QED) is 0.681. The molecular weight excluding hydrogens is 281 g/mol. The van der Waals surface area contributed by atoms with Gasteiger partial charge in [-0.15, -0.1) is 0 Å². The zero-order chi connectivity index (χ0) is 15.6. The summed E-state index contributed by atoms with van der Waals surface area (Å²) in [6.07, 6.45) is 0. The second-order valence-corrected chi connectivity index (χ2v) is 4.59. The molecule has 1 aliphatic heterocycles. The Morgan fingerprint density at radius 1 is 1.52 bits per heavy atom. The number of rotatable bonds is 3. The van der Waals surface area contributed by atoms with Gasteiger partial charge in [0.05, 0.1) is 24.5 Å². The van der Waals surface area contributed by atoms with Crippen molar-refractivity contribution < 1.29 is 23.8 Å². The Morgan fingerprint density at radius 2 is 2.24 bits per heavy atom. The number of hydrogen-bond donors (Lipinski definition) is 3. The number of carboxylic acids is 1. The number of nitrogens with two attached hydrogens (primary N) is 1. The number of anilines is 2. The summed E-state index contributed by atoms with van der Waals surface area (Å²) in [7, 11) is 1.47. The maximum absolute atomic E-state index is 14.1. The Kier molecular flexibility index (Phi) is 4.27. The van der Waals surface area contributed by atoms with Gasteiger partial charge >= 0.3 is 5.97 Å². The second-order valence-electron chi connectivity index (χ2n) is 4.59. The predicted molar refractivity (Wildman–Crippen MR) is 73.8 cm³/mol. The summed E-state index contributed by atoms with van der Waals surface area (Å²) in [4.78, 5) is 24.5. The highest BCUT2D eigenvalue weighted by Crippen LogP contribution is 2.28. The molecule has 2 rings (SSSR count). The third kappa shape index (κ3) is 2.89. The summed E-state index contributed by atoms with van der Waals surface area (Å²) in [6.45, 7) is 0.698. The number of benzene rings is 1. The lowest BCUT2D eigenvalue weighted by Gasteiger charge is -2.36. The van der Waals surface area contributed by atoms with Crippen molar-refractivity contribution in [3.63, 3.8) is 0 Å². The molecule has 1 aromatic carbocycles. The van der Waals surface area contributed by atoms with E-state index >= 15 is 0 Å². The lowest BCUT2D eigenvalue weighted by atomic mass is 10.1. The van der Waals surface area contributed by atoms with E-state index in [1.807, 2.05) is 0 Å². The molecule has 1 saturated heterocycles. The van der Waals surface area contributed by atoms with Crippen molar-refractivity contribution in [2.45, 2.75) is 6.04 Å². The zero-order valence-electron chi connectivity index (χ0n) is 11.4. The van der Waals surface area contributed by atoms with Gasteiger partial charge < -0.3 is 25.8 Å². The minimum absolute atomic E-state index is 0.0264. The number of carbonyl (C=O) groups excluding carboxylic acids is 1. The van der Waals surface area contributed by atoms with Gasteiger partial charge in [-0.2, -0.15) is 0 Å². The number of nitrogens with one attached hydrogen (secondary N) is 1. The monoisotopic (exact) mass is 297 g/mol. The second kappa shape index (κ2) is 5.96. The van der Waals surface area contributed by atoms with Crippen molar-refractivity contribution in [1.29, 1.82) is 0 Å². The largest absolute Gasteiger partial charge is 0.478 e. The first-order valence-corrected chi connectivity index (χ1v) is 6.34. The molecule has 4 N–H and O–H groups in total. The molecule has 1 aromatic rings. The summed E-state index contributed by atoms with van der Waals surface area (Å²) in [6, 6.07) is 1.38. The molecule has 0 aliphatic carbocycles. The van der Waals surface area contributed by atoms with Crippen molar-refractivity contribution in [2.75, 3.05) is 37.4 Å². The lowest BCUT2D eigenvalue weighted by Crippen LogP contribution is -2.53. The Labute approximate surface area is 120 Å². The number of ether oxygens (including phenoxy) is 1. The Balaban J connectivity index is 2.45. The molecule has 0 bridgehead atoms. The first-order valence-electron chi connectivity index (χ1n) is 6.34. The van der Waals surface area contributed by atoms with Crippen LogP contribution in [0.1, 0.15) is 10.4 Å². The van der Waals surface area contributed by atoms with E-state index in [1.165, 1.54) is 11.9 Å². The Morgan fingerprint density at radius 3 is 2.86 bits per heavy atom. The van der Waals surface area contributed by atoms with E-state index in [2.05, 4.69) is 5.32 Å². The van der Waals surface area contributed by atoms with Gasteiger partial charge in [0.25, 0.3) is 0 Å². The van der Waals surface area contributed by atoms with Crippen molar-refractivity contribution in [3.05, 3.63) is 23.5 Å². The third-order valence-corrected chi connectivity index (χ3v) is 3.34. The van der Waals surface area contributed by atoms with E-state index in [-0.39, 0.29) is 36.0 Å². The van der Waals surface area contributed by atoms with Crippen LogP contribution in [-0.2, 0) is 9.53 Å². The summed E-state index contributed by atoms with van der Waals surface area (Å²) in [5.41, 5.74) is 5.17. The number of amides is 1. The highest BCUT2D eigenvalue weighted by atomic mass is 19.1. The molecular formula is C13H16FN3O4. The van der Waals surface area contributed by atoms with E-state index in [4.69, 9.17) is 15.6 Å². The van der Waals surface area contributed by atoms with Gasteiger partial charge in [0.1, 0.15) is 11.9 Å². The van der Waals surface area contributed by atoms with Crippen LogP contribution in [-0.4, -0.2) is 49.8 Å². The van der Waals surface area contributed by atoms with Crippen LogP contribution < -0.4 is 16.0 Å². The van der Waals surface area contributed by atoms with Crippen LogP contribution in [0.5, 0.6) is 0 Å². The summed E-state index contributed by atoms with van der Waals surface area (Å²) in [5, 5.41) is 11.6. The molecule has 0 radical (unpaired) electrons. The molecule has 1 aliphatic rings. The molecule has 1 fully saturated rings. The van der Waals surface area contributed by atoms with Gasteiger partial charge in [-0.05, 0) is 12.1 Å². The topological polar surface area (TPSA) is 105 Å². The van der Waals surface area contributed by atoms with Crippen LogP contribution in [0.3, 0.4) is 0 Å². The maximum Gasteiger partial charge on any atom is 0.337 e. The average Bonchev–Trinajstić information content (AvgIpc) is 2.46. The SMILES string of the molecule is CNC(=O)C1COCCN1c1cc(C(=O)O)c(N)cc1F. The van der Waals surface area contributed by atoms with Crippen molar-refractivity contribution >= 4 is 23.3 Å². The minimum atomic E-state index is -1.25. The van der Waals surface area contributed by atoms with E-state index in [0.717, 1.165) is 12.1 Å². The highest BCUT2D eigenvalue weighted by molar-refractivity contribution is 5.95. The third-order valence-electron chi connectivity index (χ3n) is 3.34. The fourth-order valence-electron chi connectivity index (χ4n) is 2.26. The number of carbonyl (C=O) groups is 2. The number of nitrogens with zero attached hydrogens (tertiary/aromatic N) is 1. The van der Waals surface area contributed by atoms with Crippen molar-refractivity contribution in [1.82, 2.24) is 5.32 Å². The number of aromatic carboxylic acids is 1. The van der Waals surface area contributed by atoms with E-state index in [9.17, 15) is 14.0 Å². The molecule has 7 nitrogen and oxygen atoms in total. The van der Waals surface area contributed by atoms with Crippen LogP contribution in [0.2, 0.25) is 0 Å². The first-order chi connectivity index (χ1) is 9.95. The summed E-state index contributed by atoms with van der Waals surface area (Å²) in [5.74, 6) is -2.25. The number of likely N-dealkylation sites (N-methyl/N-ethyl adjacent to an activating group) is 1. The molecule has 114 valence electrons. The van der Waals surface area contributed by atoms with Gasteiger partial charge in [-0.3, -0.25) is 4.79 Å². The van der Waals surface area contributed by atoms with Crippen LogP contribution in [0.4, 0.5) is 15.8 Å². The molecule has 0 aromatic heterocycles. The zero-order valence-corrected chi connectivity index (χ0v) is 11.4. The normalized spacial score (nSPS) is 18.4. The number of hydrogen-bond acceptors (Lipinski definition) is 5. The molecule has 0 spiro atoms. The number of morpholine rings is 1. The smallest absolute Gasteiger partial charge is 0.337 e. The summed E-state index contributed by atoms with van der Waals surface area (Å²) < 4.78 is 19.4. The van der Waals surface area contributed by atoms with Gasteiger partial charge in [0.2, 0.25) is 5.91 Å². The van der Waals surface area contributed by atoms with Gasteiger partial charge in [0.15, 0.2) is 0 Å². The molecule has 1 amide bonds. The van der Waals surface area contributed by atoms with Crippen LogP contribution in [0.25, 0.3) is 0 Å². The van der Waals surface area contributed by atoms with Gasteiger partial charge in [0, 0.05) is 19.3 Å². The van der Waals surface area contributed by atoms with Gasteiger partial charge in [-0.1, -0.05) is 0 Å². The Bertz CT molecular complexity index is 579. The van der Waals surface area contributed by atoms with Gasteiger partial charge in [-0.25, -0.2) is 9.18 Å². The standard InChI is InChI=1S/C13H16FN3O4/c1-16-12(18)11-6-21-3-2-17(11)10-4-7(13(19)20)9(15)5-8(10)14/h4-5,11H,2-3,6,15H2,1H3,(H,16,18)(H,19,20). The first kappa shape index (κ1) is 15.0. The fourth-order valence-corrected chi connectivity index (χ4v) is 2.26. The highest BCUT2D eigenvalue weighted by Gasteiger charge is 2.31. The van der Waals surface area contributed by atoms with E-state index < -0.39 is 17.8 Å². The molecule has 21 heavy (non-hydrogen) atoms. The maximum atomic E-state index is 14.1. The summed E-state index contributed by atoms with van der Waals surface area (Å²) >= 11 is 0. The molecule has 8 heteroatoms. The van der Waals surface area contributed by atoms with E-state index in [1.54, 1.807) is 0 Å². The fraction of sp³-hybridized carbons (Fsp3) is 0.385. The molecule has 1 unspecified atom stereocenters. The average molecular weight is 297 g/mol. The number of halogens is 1.